The monoisotopic (exact) mass is 364 g/mol. The van der Waals surface area contributed by atoms with Crippen LogP contribution in [0.15, 0.2) is 29.5 Å². The maximum Gasteiger partial charge on any atom is 0.231 e. The first-order valence-corrected chi connectivity index (χ1v) is 9.47. The van der Waals surface area contributed by atoms with Crippen molar-refractivity contribution in [2.24, 2.45) is 10.7 Å². The lowest BCUT2D eigenvalue weighted by Gasteiger charge is -2.38. The molecular weight excluding hydrogens is 344 g/mol. The average Bonchev–Trinajstić information content (AvgIpc) is 3.06. The van der Waals surface area contributed by atoms with Gasteiger partial charge in [0.05, 0.1) is 12.0 Å². The zero-order valence-electron chi connectivity index (χ0n) is 14.9. The highest BCUT2D eigenvalue weighted by Crippen LogP contribution is 2.48. The Bertz CT molecular complexity index is 981. The molecular formula is C20H20N4OS. The van der Waals surface area contributed by atoms with E-state index in [9.17, 15) is 4.79 Å². The highest BCUT2D eigenvalue weighted by atomic mass is 32.1. The van der Waals surface area contributed by atoms with E-state index < -0.39 is 5.54 Å². The molecule has 0 aromatic carbocycles. The summed E-state index contributed by atoms with van der Waals surface area (Å²) in [5.41, 5.74) is 8.64. The Morgan fingerprint density at radius 1 is 1.35 bits per heavy atom. The van der Waals surface area contributed by atoms with Gasteiger partial charge in [0.25, 0.3) is 0 Å². The number of aryl methyl sites for hydroxylation is 1. The number of fused-ring (bicyclic) bond motifs is 2. The van der Waals surface area contributed by atoms with Crippen LogP contribution in [0.5, 0.6) is 0 Å². The Morgan fingerprint density at radius 2 is 2.19 bits per heavy atom. The van der Waals surface area contributed by atoms with E-state index in [1.807, 2.05) is 13.1 Å². The molecule has 6 heteroatoms. The predicted octanol–water partition coefficient (Wildman–Crippen LogP) is 2.89. The van der Waals surface area contributed by atoms with Crippen LogP contribution in [0.25, 0.3) is 10.4 Å². The number of hydrogen-bond donors (Lipinski definition) is 1. The van der Waals surface area contributed by atoms with Gasteiger partial charge in [-0.15, -0.1) is 17.3 Å². The summed E-state index contributed by atoms with van der Waals surface area (Å²) in [5, 5.41) is 0. The molecule has 1 atom stereocenters. The molecule has 2 N–H and O–H groups in total. The van der Waals surface area contributed by atoms with E-state index in [1.54, 1.807) is 24.6 Å². The standard InChI is InChI=1S/C20H20N4OS/c1-3-5-13-8-14(12-22-11-13)17-9-15-16(26-17)6-4-7-20(15)10-18(25)24(2)19(21)23-20/h8-9,11-12H,4,6-7,10H2,1-2H3,(H2,21,23)/t20-/m0/s1. The van der Waals surface area contributed by atoms with Gasteiger partial charge in [0, 0.05) is 40.3 Å². The van der Waals surface area contributed by atoms with Crippen LogP contribution in [0.4, 0.5) is 0 Å². The number of carbonyl (C=O) groups excluding carboxylic acids is 1. The van der Waals surface area contributed by atoms with Crippen LogP contribution in [0, 0.1) is 11.8 Å². The number of guanidine groups is 1. The lowest BCUT2D eigenvalue weighted by Crippen LogP contribution is -2.49. The molecule has 0 unspecified atom stereocenters. The molecule has 0 fully saturated rings. The van der Waals surface area contributed by atoms with Crippen molar-refractivity contribution in [1.29, 1.82) is 0 Å². The summed E-state index contributed by atoms with van der Waals surface area (Å²) in [6.07, 6.45) is 6.91. The van der Waals surface area contributed by atoms with Crippen molar-refractivity contribution in [2.75, 3.05) is 7.05 Å². The van der Waals surface area contributed by atoms with Gasteiger partial charge in [-0.1, -0.05) is 5.92 Å². The molecule has 1 aliphatic carbocycles. The van der Waals surface area contributed by atoms with Crippen molar-refractivity contribution in [3.05, 3.63) is 40.5 Å². The minimum atomic E-state index is -0.510. The zero-order chi connectivity index (χ0) is 18.3. The molecule has 1 spiro atoms. The fraction of sp³-hybridized carbons (Fsp3) is 0.350. The van der Waals surface area contributed by atoms with Gasteiger partial charge in [0.15, 0.2) is 5.96 Å². The fourth-order valence-electron chi connectivity index (χ4n) is 3.74. The number of hydrogen-bond acceptors (Lipinski definition) is 5. The van der Waals surface area contributed by atoms with E-state index in [-0.39, 0.29) is 5.91 Å². The molecule has 4 rings (SSSR count). The molecule has 2 aromatic heterocycles. The average molecular weight is 364 g/mol. The van der Waals surface area contributed by atoms with Gasteiger partial charge in [-0.2, -0.15) is 0 Å². The van der Waals surface area contributed by atoms with Gasteiger partial charge >= 0.3 is 0 Å². The molecule has 5 nitrogen and oxygen atoms in total. The summed E-state index contributed by atoms with van der Waals surface area (Å²) >= 11 is 1.76. The highest BCUT2D eigenvalue weighted by Gasteiger charge is 2.43. The Kier molecular flexibility index (Phi) is 4.04. The number of thiophene rings is 1. The number of nitrogens with two attached hydrogens (primary N) is 1. The van der Waals surface area contributed by atoms with Crippen LogP contribution in [0.2, 0.25) is 0 Å². The van der Waals surface area contributed by atoms with Crippen LogP contribution in [0.3, 0.4) is 0 Å². The zero-order valence-corrected chi connectivity index (χ0v) is 15.7. The number of nitrogens with zero attached hydrogens (tertiary/aromatic N) is 3. The number of rotatable bonds is 1. The van der Waals surface area contributed by atoms with Gasteiger partial charge in [0.1, 0.15) is 0 Å². The van der Waals surface area contributed by atoms with Crippen LogP contribution >= 0.6 is 11.3 Å². The van der Waals surface area contributed by atoms with Gasteiger partial charge in [0.2, 0.25) is 5.91 Å². The summed E-state index contributed by atoms with van der Waals surface area (Å²) in [6.45, 7) is 1.82. The van der Waals surface area contributed by atoms with E-state index in [2.05, 4.69) is 29.0 Å². The van der Waals surface area contributed by atoms with Gasteiger partial charge in [-0.05, 0) is 43.9 Å². The normalized spacial score (nSPS) is 21.8. The topological polar surface area (TPSA) is 71.6 Å². The van der Waals surface area contributed by atoms with Crippen LogP contribution in [-0.4, -0.2) is 28.8 Å². The van der Waals surface area contributed by atoms with Crippen LogP contribution in [-0.2, 0) is 16.8 Å². The van der Waals surface area contributed by atoms with E-state index in [4.69, 9.17) is 10.7 Å². The first-order chi connectivity index (χ1) is 12.5. The third-order valence-corrected chi connectivity index (χ3v) is 6.33. The maximum atomic E-state index is 12.4. The largest absolute Gasteiger partial charge is 0.369 e. The van der Waals surface area contributed by atoms with Gasteiger partial charge < -0.3 is 5.73 Å². The minimum Gasteiger partial charge on any atom is -0.369 e. The second kappa shape index (κ2) is 6.26. The van der Waals surface area contributed by atoms with Crippen molar-refractivity contribution in [1.82, 2.24) is 9.88 Å². The predicted molar refractivity (Wildman–Crippen MR) is 104 cm³/mol. The second-order valence-electron chi connectivity index (χ2n) is 6.77. The second-order valence-corrected chi connectivity index (χ2v) is 7.91. The Labute approximate surface area is 157 Å². The minimum absolute atomic E-state index is 0.0278. The molecule has 26 heavy (non-hydrogen) atoms. The number of aliphatic imine (C=N–C) groups is 1. The summed E-state index contributed by atoms with van der Waals surface area (Å²) in [6, 6.07) is 4.24. The van der Waals surface area contributed by atoms with E-state index in [1.165, 1.54) is 9.78 Å². The molecule has 1 aliphatic heterocycles. The van der Waals surface area contributed by atoms with Crippen molar-refractivity contribution in [2.45, 2.75) is 38.1 Å². The van der Waals surface area contributed by atoms with Crippen molar-refractivity contribution < 1.29 is 4.79 Å². The van der Waals surface area contributed by atoms with Crippen molar-refractivity contribution in [3.63, 3.8) is 0 Å². The molecule has 0 radical (unpaired) electrons. The molecule has 0 saturated carbocycles. The SMILES string of the molecule is CC#Cc1cncc(-c2cc3c(s2)CCC[C@]32CC(=O)N(C)C(N)=N2)c1. The van der Waals surface area contributed by atoms with Gasteiger partial charge in [-0.3, -0.25) is 14.7 Å². The van der Waals surface area contributed by atoms with Crippen LogP contribution in [0.1, 0.15) is 42.2 Å². The molecule has 0 bridgehead atoms. The Hall–Kier alpha value is -2.65. The summed E-state index contributed by atoms with van der Waals surface area (Å²) in [5.74, 6) is 6.30. The van der Waals surface area contributed by atoms with Crippen molar-refractivity contribution in [3.8, 4) is 22.3 Å². The number of aromatic nitrogens is 1. The summed E-state index contributed by atoms with van der Waals surface area (Å²) in [7, 11) is 1.68. The first kappa shape index (κ1) is 16.8. The highest BCUT2D eigenvalue weighted by molar-refractivity contribution is 7.15. The smallest absolute Gasteiger partial charge is 0.231 e. The third-order valence-electron chi connectivity index (χ3n) is 5.09. The fourth-order valence-corrected chi connectivity index (χ4v) is 5.02. The molecule has 0 saturated heterocycles. The van der Waals surface area contributed by atoms with E-state index >= 15 is 0 Å². The lowest BCUT2D eigenvalue weighted by molar-refractivity contribution is -0.128. The quantitative estimate of drug-likeness (QED) is 0.791. The number of carbonyl (C=O) groups is 1. The number of amides is 1. The molecule has 1 amide bonds. The first-order valence-electron chi connectivity index (χ1n) is 8.66. The third kappa shape index (κ3) is 2.69. The molecule has 132 valence electrons. The lowest BCUT2D eigenvalue weighted by atomic mass is 9.77. The summed E-state index contributed by atoms with van der Waals surface area (Å²) < 4.78 is 0. The summed E-state index contributed by atoms with van der Waals surface area (Å²) in [4.78, 5) is 25.4. The molecule has 3 heterocycles. The Balaban J connectivity index is 1.81. The molecule has 2 aliphatic rings. The van der Waals surface area contributed by atoms with Crippen LogP contribution < -0.4 is 5.73 Å². The van der Waals surface area contributed by atoms with Gasteiger partial charge in [-0.25, -0.2) is 4.99 Å². The number of pyridine rings is 1. The molecule has 2 aromatic rings. The maximum absolute atomic E-state index is 12.4. The van der Waals surface area contributed by atoms with E-state index in [0.29, 0.717) is 12.4 Å². The van der Waals surface area contributed by atoms with Crippen molar-refractivity contribution >= 4 is 23.2 Å². The van der Waals surface area contributed by atoms with E-state index in [0.717, 1.165) is 40.8 Å². The Morgan fingerprint density at radius 3 is 2.96 bits per heavy atom.